The lowest BCUT2D eigenvalue weighted by Crippen LogP contribution is -2.49. The van der Waals surface area contributed by atoms with E-state index in [1.165, 1.54) is 54.4 Å². The number of ether oxygens (including phenoxy) is 2. The fourth-order valence-corrected chi connectivity index (χ4v) is 9.85. The van der Waals surface area contributed by atoms with Crippen molar-refractivity contribution in [1.82, 2.24) is 9.97 Å². The number of hydrogen-bond donors (Lipinski definition) is 0. The Hall–Kier alpha value is -2.12. The predicted molar refractivity (Wildman–Crippen MR) is 144 cm³/mol. The van der Waals surface area contributed by atoms with Crippen molar-refractivity contribution in [1.29, 1.82) is 0 Å². The fourth-order valence-electron chi connectivity index (χ4n) is 7.72. The molecule has 4 bridgehead atoms. The summed E-state index contributed by atoms with van der Waals surface area (Å²) in [6.07, 6.45) is 8.92. The molecule has 2 aromatic heterocycles. The Labute approximate surface area is 220 Å². The molecule has 3 heterocycles. The molecule has 3 aromatic rings. The summed E-state index contributed by atoms with van der Waals surface area (Å²) in [7, 11) is 0. The normalized spacial score (nSPS) is 28.1. The highest BCUT2D eigenvalue weighted by molar-refractivity contribution is 8.00. The molecule has 1 aromatic carbocycles. The van der Waals surface area contributed by atoms with Crippen LogP contribution in [0.5, 0.6) is 11.5 Å². The van der Waals surface area contributed by atoms with Crippen molar-refractivity contribution in [3.63, 3.8) is 0 Å². The number of aromatic nitrogens is 2. The number of benzene rings is 1. The number of aryl methyl sites for hydroxylation is 2. The van der Waals surface area contributed by atoms with Crippen LogP contribution in [-0.2, 0) is 11.8 Å². The lowest BCUT2D eigenvalue weighted by atomic mass is 9.49. The molecular formula is C29H32N2O3S2. The van der Waals surface area contributed by atoms with E-state index in [1.54, 1.807) is 23.1 Å². The first-order chi connectivity index (χ1) is 17.5. The molecule has 188 valence electrons. The third-order valence-corrected chi connectivity index (χ3v) is 10.9. The fraction of sp³-hybridized carbons (Fsp3) is 0.552. The highest BCUT2D eigenvalue weighted by atomic mass is 32.2. The van der Waals surface area contributed by atoms with Crippen LogP contribution in [-0.4, -0.2) is 34.7 Å². The minimum absolute atomic E-state index is 0.0880. The molecule has 0 radical (unpaired) electrons. The van der Waals surface area contributed by atoms with Gasteiger partial charge in [0.25, 0.3) is 0 Å². The van der Waals surface area contributed by atoms with E-state index in [-0.39, 0.29) is 11.2 Å². The smallest absolute Gasteiger partial charge is 0.173 e. The molecule has 4 saturated carbocycles. The second-order valence-corrected chi connectivity index (χ2v) is 13.5. The second-order valence-electron chi connectivity index (χ2n) is 11.3. The van der Waals surface area contributed by atoms with E-state index in [1.807, 2.05) is 18.2 Å². The van der Waals surface area contributed by atoms with Crippen LogP contribution in [0.3, 0.4) is 0 Å². The average Bonchev–Trinajstić information content (AvgIpc) is 3.21. The molecule has 0 spiro atoms. The maximum atomic E-state index is 13.2. The number of nitrogens with zero attached hydrogens (tertiary/aromatic N) is 2. The van der Waals surface area contributed by atoms with E-state index in [2.05, 4.69) is 13.8 Å². The standard InChI is InChI=1S/C29H32N2O3S2/c1-3-21-16(2)36-27-25(21)26(35-15-22(32)20-4-5-23-24(11-20)34-7-6-33-23)30-28(31-27)29-12-17-8-18(13-29)10-19(9-17)14-29/h4-5,11,17-19H,3,6-10,12-15H2,1-2H3. The lowest BCUT2D eigenvalue weighted by molar-refractivity contribution is -0.00946. The van der Waals surface area contributed by atoms with Gasteiger partial charge in [-0.15, -0.1) is 11.3 Å². The zero-order valence-corrected chi connectivity index (χ0v) is 22.6. The molecule has 7 heteroatoms. The van der Waals surface area contributed by atoms with Crippen LogP contribution in [0, 0.1) is 24.7 Å². The molecule has 1 aliphatic heterocycles. The van der Waals surface area contributed by atoms with E-state index < -0.39 is 0 Å². The molecule has 5 nitrogen and oxygen atoms in total. The summed E-state index contributed by atoms with van der Waals surface area (Å²) in [5, 5.41) is 2.17. The summed E-state index contributed by atoms with van der Waals surface area (Å²) in [4.78, 5) is 26.3. The van der Waals surface area contributed by atoms with Crippen molar-refractivity contribution in [2.24, 2.45) is 17.8 Å². The number of thioether (sulfide) groups is 1. The Bertz CT molecular complexity index is 1330. The maximum absolute atomic E-state index is 13.2. The van der Waals surface area contributed by atoms with Gasteiger partial charge >= 0.3 is 0 Å². The molecule has 0 unspecified atom stereocenters. The quantitative estimate of drug-likeness (QED) is 0.203. The van der Waals surface area contributed by atoms with Crippen molar-refractivity contribution >= 4 is 39.1 Å². The third kappa shape index (κ3) is 3.76. The Kier molecular flexibility index (Phi) is 5.58. The van der Waals surface area contributed by atoms with Crippen LogP contribution < -0.4 is 9.47 Å². The Morgan fingerprint density at radius 2 is 1.75 bits per heavy atom. The number of carbonyl (C=O) groups excluding carboxylic acids is 1. The first-order valence-electron chi connectivity index (χ1n) is 13.4. The number of carbonyl (C=O) groups is 1. The Balaban J connectivity index is 1.23. The van der Waals surface area contributed by atoms with Crippen LogP contribution in [0.2, 0.25) is 0 Å². The van der Waals surface area contributed by atoms with Crippen molar-refractivity contribution < 1.29 is 14.3 Å². The zero-order chi connectivity index (χ0) is 24.4. The highest BCUT2D eigenvalue weighted by Crippen LogP contribution is 2.60. The topological polar surface area (TPSA) is 61.3 Å². The van der Waals surface area contributed by atoms with Crippen LogP contribution in [0.15, 0.2) is 23.2 Å². The molecule has 36 heavy (non-hydrogen) atoms. The van der Waals surface area contributed by atoms with Gasteiger partial charge in [-0.25, -0.2) is 9.97 Å². The molecule has 8 rings (SSSR count). The van der Waals surface area contributed by atoms with E-state index >= 15 is 0 Å². The summed E-state index contributed by atoms with van der Waals surface area (Å²) < 4.78 is 11.3. The highest BCUT2D eigenvalue weighted by Gasteiger charge is 2.53. The second kappa shape index (κ2) is 8.73. The molecule has 0 amide bonds. The zero-order valence-electron chi connectivity index (χ0n) is 21.0. The van der Waals surface area contributed by atoms with Crippen molar-refractivity contribution in [2.45, 2.75) is 69.2 Å². The van der Waals surface area contributed by atoms with Gasteiger partial charge in [-0.05, 0) is 93.4 Å². The van der Waals surface area contributed by atoms with Crippen LogP contribution in [0.1, 0.15) is 72.1 Å². The van der Waals surface area contributed by atoms with Gasteiger partial charge in [0.1, 0.15) is 28.9 Å². The predicted octanol–water partition coefficient (Wildman–Crippen LogP) is 6.78. The van der Waals surface area contributed by atoms with E-state index in [0.29, 0.717) is 36.0 Å². The largest absolute Gasteiger partial charge is 0.486 e. The molecule has 5 aliphatic rings. The van der Waals surface area contributed by atoms with Gasteiger partial charge in [0.2, 0.25) is 0 Å². The maximum Gasteiger partial charge on any atom is 0.173 e. The van der Waals surface area contributed by atoms with Crippen LogP contribution in [0.4, 0.5) is 0 Å². The lowest BCUT2D eigenvalue weighted by Gasteiger charge is -2.56. The third-order valence-electron chi connectivity index (χ3n) is 8.89. The molecule has 0 N–H and O–H groups in total. The van der Waals surface area contributed by atoms with Crippen molar-refractivity contribution in [2.75, 3.05) is 19.0 Å². The number of hydrogen-bond acceptors (Lipinski definition) is 7. The van der Waals surface area contributed by atoms with Gasteiger partial charge in [0.15, 0.2) is 17.3 Å². The van der Waals surface area contributed by atoms with Gasteiger partial charge in [-0.1, -0.05) is 18.7 Å². The number of rotatable bonds is 6. The Morgan fingerprint density at radius 1 is 1.06 bits per heavy atom. The molecule has 0 atom stereocenters. The minimum atomic E-state index is 0.0880. The Morgan fingerprint density at radius 3 is 2.44 bits per heavy atom. The monoisotopic (exact) mass is 520 g/mol. The summed E-state index contributed by atoms with van der Waals surface area (Å²) >= 11 is 3.39. The summed E-state index contributed by atoms with van der Waals surface area (Å²) in [5.74, 6) is 5.41. The van der Waals surface area contributed by atoms with E-state index in [9.17, 15) is 4.79 Å². The molecular weight excluding hydrogens is 488 g/mol. The molecule has 0 saturated heterocycles. The average molecular weight is 521 g/mol. The van der Waals surface area contributed by atoms with Gasteiger partial charge in [-0.3, -0.25) is 4.79 Å². The van der Waals surface area contributed by atoms with Crippen LogP contribution >= 0.6 is 23.1 Å². The number of ketones is 1. The molecule has 4 aliphatic carbocycles. The van der Waals surface area contributed by atoms with Crippen molar-refractivity contribution in [3.8, 4) is 11.5 Å². The van der Waals surface area contributed by atoms with Crippen molar-refractivity contribution in [3.05, 3.63) is 40.0 Å². The van der Waals surface area contributed by atoms with Gasteiger partial charge < -0.3 is 9.47 Å². The van der Waals surface area contributed by atoms with Gasteiger partial charge in [-0.2, -0.15) is 0 Å². The SMILES string of the molecule is CCc1c(C)sc2nc(C34CC5CC(CC(C5)C3)C4)nc(SCC(=O)c3ccc4c(c3)OCCO4)c12. The van der Waals surface area contributed by atoms with Gasteiger partial charge in [0.05, 0.1) is 5.75 Å². The minimum Gasteiger partial charge on any atom is -0.486 e. The van der Waals surface area contributed by atoms with E-state index in [0.717, 1.165) is 39.9 Å². The van der Waals surface area contributed by atoms with E-state index in [4.69, 9.17) is 19.4 Å². The van der Waals surface area contributed by atoms with Crippen LogP contribution in [0.25, 0.3) is 10.2 Å². The first-order valence-corrected chi connectivity index (χ1v) is 15.2. The number of Topliss-reactive ketones (excluding diaryl/α,β-unsaturated/α-hetero) is 1. The summed E-state index contributed by atoms with van der Waals surface area (Å²) in [5.41, 5.74) is 2.14. The van der Waals surface area contributed by atoms with Gasteiger partial charge in [0, 0.05) is 21.2 Å². The first kappa shape index (κ1) is 23.0. The number of fused-ring (bicyclic) bond motifs is 2. The summed E-state index contributed by atoms with van der Waals surface area (Å²) in [6, 6.07) is 5.51. The summed E-state index contributed by atoms with van der Waals surface area (Å²) in [6.45, 7) is 5.47. The molecule has 4 fully saturated rings. The number of thiophene rings is 1.